The van der Waals surface area contributed by atoms with Crippen molar-refractivity contribution in [2.45, 2.75) is 38.6 Å². The van der Waals surface area contributed by atoms with Crippen molar-refractivity contribution in [1.29, 1.82) is 0 Å². The van der Waals surface area contributed by atoms with Crippen molar-refractivity contribution in [3.05, 3.63) is 67.6 Å². The highest BCUT2D eigenvalue weighted by Crippen LogP contribution is 2.26. The van der Waals surface area contributed by atoms with E-state index in [1.807, 2.05) is 13.0 Å². The zero-order valence-electron chi connectivity index (χ0n) is 17.3. The lowest BCUT2D eigenvalue weighted by Gasteiger charge is -2.29. The fourth-order valence-electron chi connectivity index (χ4n) is 2.78. The second kappa shape index (κ2) is 12.8. The maximum absolute atomic E-state index is 13.1. The number of carbonyl (C=O) groups is 2. The van der Waals surface area contributed by atoms with Crippen molar-refractivity contribution < 1.29 is 9.59 Å². The van der Waals surface area contributed by atoms with Crippen LogP contribution >= 0.6 is 58.2 Å². The number of amides is 2. The van der Waals surface area contributed by atoms with Crippen LogP contribution in [0.15, 0.2) is 36.4 Å². The first-order chi connectivity index (χ1) is 14.7. The van der Waals surface area contributed by atoms with E-state index in [0.717, 1.165) is 17.5 Å². The molecule has 1 N–H and O–H groups in total. The van der Waals surface area contributed by atoms with Gasteiger partial charge in [0.15, 0.2) is 0 Å². The Morgan fingerprint density at radius 3 is 2.42 bits per heavy atom. The monoisotopic (exact) mass is 520 g/mol. The fraction of sp³-hybridized carbons (Fsp3) is 0.364. The van der Waals surface area contributed by atoms with Crippen LogP contribution in [-0.4, -0.2) is 35.1 Å². The molecule has 2 aromatic carbocycles. The van der Waals surface area contributed by atoms with Gasteiger partial charge in [-0.15, -0.1) is 11.8 Å². The third-order valence-electron chi connectivity index (χ3n) is 4.55. The lowest BCUT2D eigenvalue weighted by Crippen LogP contribution is -2.48. The molecule has 0 unspecified atom stereocenters. The van der Waals surface area contributed by atoms with Crippen LogP contribution in [0.4, 0.5) is 0 Å². The number of benzene rings is 2. The summed E-state index contributed by atoms with van der Waals surface area (Å²) in [6.45, 7) is 4.50. The van der Waals surface area contributed by atoms with E-state index in [9.17, 15) is 9.59 Å². The van der Waals surface area contributed by atoms with Crippen molar-refractivity contribution in [1.82, 2.24) is 10.2 Å². The second-order valence-corrected chi connectivity index (χ2v) is 9.61. The van der Waals surface area contributed by atoms with E-state index >= 15 is 0 Å². The van der Waals surface area contributed by atoms with E-state index < -0.39 is 6.04 Å². The average Bonchev–Trinajstić information content (AvgIpc) is 2.73. The molecule has 2 aromatic rings. The Balaban J connectivity index is 2.10. The van der Waals surface area contributed by atoms with Crippen LogP contribution < -0.4 is 5.32 Å². The van der Waals surface area contributed by atoms with E-state index in [-0.39, 0.29) is 24.1 Å². The highest BCUT2D eigenvalue weighted by Gasteiger charge is 2.26. The first-order valence-corrected chi connectivity index (χ1v) is 12.4. The highest BCUT2D eigenvalue weighted by molar-refractivity contribution is 7.99. The van der Waals surface area contributed by atoms with Crippen molar-refractivity contribution in [3.8, 4) is 0 Å². The molecule has 2 rings (SSSR count). The molecule has 0 saturated heterocycles. The van der Waals surface area contributed by atoms with Gasteiger partial charge in [-0.05, 0) is 48.7 Å². The Labute approximate surface area is 207 Å². The van der Waals surface area contributed by atoms with E-state index in [1.165, 1.54) is 11.8 Å². The van der Waals surface area contributed by atoms with Gasteiger partial charge in [0.1, 0.15) is 6.04 Å². The number of halogens is 4. The molecule has 0 saturated carbocycles. The Hall–Kier alpha value is -1.11. The van der Waals surface area contributed by atoms with Gasteiger partial charge in [-0.3, -0.25) is 9.59 Å². The van der Waals surface area contributed by atoms with E-state index in [0.29, 0.717) is 32.4 Å². The van der Waals surface area contributed by atoms with Crippen LogP contribution in [0.25, 0.3) is 0 Å². The first-order valence-electron chi connectivity index (χ1n) is 9.75. The van der Waals surface area contributed by atoms with Crippen LogP contribution in [0.1, 0.15) is 31.4 Å². The van der Waals surface area contributed by atoms with Gasteiger partial charge in [-0.2, -0.15) is 0 Å². The van der Waals surface area contributed by atoms with Gasteiger partial charge < -0.3 is 10.2 Å². The molecule has 2 amide bonds. The molecule has 0 fully saturated rings. The predicted octanol–water partition coefficient (Wildman–Crippen LogP) is 6.48. The van der Waals surface area contributed by atoms with Crippen molar-refractivity contribution in [3.63, 3.8) is 0 Å². The summed E-state index contributed by atoms with van der Waals surface area (Å²) in [6.07, 6.45) is 0.816. The molecule has 0 aliphatic heterocycles. The number of thioether (sulfide) groups is 1. The Kier molecular flexibility index (Phi) is 10.8. The van der Waals surface area contributed by atoms with Gasteiger partial charge in [0.2, 0.25) is 11.8 Å². The quantitative estimate of drug-likeness (QED) is 0.389. The minimum atomic E-state index is -0.631. The molecule has 0 bridgehead atoms. The molecular weight excluding hydrogens is 498 g/mol. The Bertz CT molecular complexity index is 926. The number of carbonyl (C=O) groups excluding carboxylic acids is 2. The molecule has 1 atom stereocenters. The standard InChI is InChI=1S/C22H24Cl4N2O2S/c1-3-8-27-22(30)14(2)28(11-15-4-7-18(24)20(26)9-15)21(29)13-31-12-16-5-6-17(23)10-19(16)25/h4-7,9-10,14H,3,8,11-13H2,1-2H3,(H,27,30)/t14-/m0/s1. The molecule has 168 valence electrons. The molecule has 0 aliphatic carbocycles. The number of nitrogens with one attached hydrogen (secondary N) is 1. The third-order valence-corrected chi connectivity index (χ3v) is 6.84. The summed E-state index contributed by atoms with van der Waals surface area (Å²) in [5.74, 6) is 0.408. The maximum atomic E-state index is 13.1. The summed E-state index contributed by atoms with van der Waals surface area (Å²) in [7, 11) is 0. The largest absolute Gasteiger partial charge is 0.354 e. The molecule has 0 aliphatic rings. The molecule has 0 heterocycles. The number of nitrogens with zero attached hydrogens (tertiary/aromatic N) is 1. The molecule has 0 radical (unpaired) electrons. The zero-order valence-corrected chi connectivity index (χ0v) is 21.1. The summed E-state index contributed by atoms with van der Waals surface area (Å²) >= 11 is 25.7. The number of rotatable bonds is 10. The molecule has 4 nitrogen and oxygen atoms in total. The summed E-state index contributed by atoms with van der Waals surface area (Å²) in [4.78, 5) is 27.2. The molecular formula is C22H24Cl4N2O2S. The van der Waals surface area contributed by atoms with E-state index in [2.05, 4.69) is 5.32 Å². The average molecular weight is 522 g/mol. The molecule has 0 aromatic heterocycles. The van der Waals surface area contributed by atoms with Gasteiger partial charge in [0.25, 0.3) is 0 Å². The first kappa shape index (κ1) is 26.1. The lowest BCUT2D eigenvalue weighted by molar-refractivity contribution is -0.138. The van der Waals surface area contributed by atoms with E-state index in [1.54, 1.807) is 42.2 Å². The predicted molar refractivity (Wildman–Crippen MR) is 132 cm³/mol. The lowest BCUT2D eigenvalue weighted by atomic mass is 10.1. The van der Waals surface area contributed by atoms with Gasteiger partial charge in [0.05, 0.1) is 15.8 Å². The van der Waals surface area contributed by atoms with Gasteiger partial charge >= 0.3 is 0 Å². The smallest absolute Gasteiger partial charge is 0.242 e. The maximum Gasteiger partial charge on any atom is 0.242 e. The van der Waals surface area contributed by atoms with Crippen LogP contribution in [-0.2, 0) is 21.9 Å². The van der Waals surface area contributed by atoms with E-state index in [4.69, 9.17) is 46.4 Å². The summed E-state index contributed by atoms with van der Waals surface area (Å²) in [5, 5.41) is 4.82. The van der Waals surface area contributed by atoms with Crippen LogP contribution in [0.5, 0.6) is 0 Å². The highest BCUT2D eigenvalue weighted by atomic mass is 35.5. The molecule has 9 heteroatoms. The summed E-state index contributed by atoms with van der Waals surface area (Å²) in [5.41, 5.74) is 1.69. The summed E-state index contributed by atoms with van der Waals surface area (Å²) < 4.78 is 0. The Morgan fingerprint density at radius 2 is 1.77 bits per heavy atom. The molecule has 31 heavy (non-hydrogen) atoms. The van der Waals surface area contributed by atoms with Gasteiger partial charge in [-0.1, -0.05) is 65.5 Å². The van der Waals surface area contributed by atoms with Crippen molar-refractivity contribution >= 4 is 70.0 Å². The Morgan fingerprint density at radius 1 is 1.03 bits per heavy atom. The minimum Gasteiger partial charge on any atom is -0.354 e. The number of hydrogen-bond donors (Lipinski definition) is 1. The topological polar surface area (TPSA) is 49.4 Å². The van der Waals surface area contributed by atoms with Gasteiger partial charge in [0, 0.05) is 28.9 Å². The fourth-order valence-corrected chi connectivity index (χ4v) is 4.57. The molecule has 0 spiro atoms. The SMILES string of the molecule is CCCNC(=O)[C@H](C)N(Cc1ccc(Cl)c(Cl)c1)C(=O)CSCc1ccc(Cl)cc1Cl. The van der Waals surface area contributed by atoms with Crippen LogP contribution in [0.2, 0.25) is 20.1 Å². The minimum absolute atomic E-state index is 0.152. The normalized spacial score (nSPS) is 11.8. The van der Waals surface area contributed by atoms with Crippen molar-refractivity contribution in [2.75, 3.05) is 12.3 Å². The zero-order chi connectivity index (χ0) is 23.0. The van der Waals surface area contributed by atoms with Crippen LogP contribution in [0.3, 0.4) is 0 Å². The summed E-state index contributed by atoms with van der Waals surface area (Å²) in [6, 6.07) is 9.85. The third kappa shape index (κ3) is 8.07. The van der Waals surface area contributed by atoms with Gasteiger partial charge in [-0.25, -0.2) is 0 Å². The van der Waals surface area contributed by atoms with Crippen LogP contribution in [0, 0.1) is 0 Å². The van der Waals surface area contributed by atoms with Crippen molar-refractivity contribution in [2.24, 2.45) is 0 Å². The second-order valence-electron chi connectivity index (χ2n) is 6.97. The number of hydrogen-bond acceptors (Lipinski definition) is 3.